The lowest BCUT2D eigenvalue weighted by atomic mass is 9.94. The second kappa shape index (κ2) is 16.0. The van der Waals surface area contributed by atoms with Gasteiger partial charge in [-0.1, -0.05) is 109 Å². The number of rotatable bonds is 12. The van der Waals surface area contributed by atoms with Gasteiger partial charge >= 0.3 is 0 Å². The van der Waals surface area contributed by atoms with E-state index in [9.17, 15) is 18.0 Å². The van der Waals surface area contributed by atoms with Crippen LogP contribution in [0.15, 0.2) is 102 Å². The van der Waals surface area contributed by atoms with Crippen LogP contribution in [0.1, 0.15) is 48.8 Å². The monoisotopic (exact) mass is 709 g/mol. The molecule has 0 spiro atoms. The lowest BCUT2D eigenvalue weighted by Gasteiger charge is -2.35. The third-order valence-corrected chi connectivity index (χ3v) is 10.8. The Balaban J connectivity index is 1.59. The average Bonchev–Trinajstić information content (AvgIpc) is 3.06. The van der Waals surface area contributed by atoms with E-state index in [1.54, 1.807) is 30.3 Å². The van der Waals surface area contributed by atoms with Crippen molar-refractivity contribution in [1.82, 2.24) is 10.2 Å². The van der Waals surface area contributed by atoms with E-state index in [4.69, 9.17) is 23.2 Å². The first-order valence-corrected chi connectivity index (χ1v) is 18.1. The Morgan fingerprint density at radius 2 is 1.50 bits per heavy atom. The molecule has 0 saturated heterocycles. The van der Waals surface area contributed by atoms with E-state index >= 15 is 4.39 Å². The number of carbonyl (C=O) groups excluding carboxylic acids is 2. The molecule has 1 fully saturated rings. The van der Waals surface area contributed by atoms with E-state index in [0.717, 1.165) is 47.5 Å². The lowest BCUT2D eigenvalue weighted by molar-refractivity contribution is -0.140. The molecule has 0 heterocycles. The van der Waals surface area contributed by atoms with Crippen LogP contribution in [0, 0.1) is 12.7 Å². The number of hydrogen-bond donors (Lipinski definition) is 1. The minimum atomic E-state index is -4.35. The van der Waals surface area contributed by atoms with Gasteiger partial charge in [-0.05, 0) is 61.7 Å². The summed E-state index contributed by atoms with van der Waals surface area (Å²) in [5, 5.41) is 3.49. The van der Waals surface area contributed by atoms with Crippen molar-refractivity contribution in [2.45, 2.75) is 69.0 Å². The first kappa shape index (κ1) is 35.4. The quantitative estimate of drug-likeness (QED) is 0.163. The molecular formula is C37H38Cl2FN3O4S. The van der Waals surface area contributed by atoms with Gasteiger partial charge < -0.3 is 10.2 Å². The third-order valence-electron chi connectivity index (χ3n) is 8.54. The second-order valence-corrected chi connectivity index (χ2v) is 14.8. The molecule has 0 aromatic heterocycles. The minimum Gasteiger partial charge on any atom is -0.352 e. The van der Waals surface area contributed by atoms with Crippen LogP contribution in [0.25, 0.3) is 0 Å². The Bertz CT molecular complexity index is 1820. The molecule has 7 nitrogen and oxygen atoms in total. The highest BCUT2D eigenvalue weighted by Gasteiger charge is 2.36. The molecule has 48 heavy (non-hydrogen) atoms. The Kier molecular flexibility index (Phi) is 11.8. The Hall–Kier alpha value is -3.92. The standard InChI is InChI=1S/C37H38Cl2FN3O4S/c1-26-16-18-33(19-17-26)48(46,47)43(32-22-29(38)21-30(39)23-32)25-36(44)42(24-28-12-8-9-15-34(28)40)35(20-27-10-4-2-5-11-27)37(45)41-31-13-6-3-7-14-31/h2,4-5,8-12,15-19,21-23,31,35H,3,6-7,13-14,20,24-25H2,1H3,(H,41,45)/t35-/m1/s1. The largest absolute Gasteiger partial charge is 0.352 e. The number of halogens is 3. The van der Waals surface area contributed by atoms with Crippen LogP contribution in [0.2, 0.25) is 10.0 Å². The van der Waals surface area contributed by atoms with Crippen LogP contribution < -0.4 is 9.62 Å². The number of aryl methyl sites for hydroxylation is 1. The third kappa shape index (κ3) is 8.95. The van der Waals surface area contributed by atoms with Crippen LogP contribution in [0.3, 0.4) is 0 Å². The van der Waals surface area contributed by atoms with Gasteiger partial charge in [0.25, 0.3) is 10.0 Å². The predicted octanol–water partition coefficient (Wildman–Crippen LogP) is 7.73. The van der Waals surface area contributed by atoms with Crippen molar-refractivity contribution in [2.24, 2.45) is 0 Å². The van der Waals surface area contributed by atoms with Crippen LogP contribution in [0.5, 0.6) is 0 Å². The maximum absolute atomic E-state index is 15.2. The van der Waals surface area contributed by atoms with Crippen molar-refractivity contribution in [2.75, 3.05) is 10.8 Å². The molecule has 2 amide bonds. The molecule has 4 aromatic carbocycles. The normalized spacial score (nSPS) is 14.2. The molecule has 1 N–H and O–H groups in total. The predicted molar refractivity (Wildman–Crippen MR) is 188 cm³/mol. The summed E-state index contributed by atoms with van der Waals surface area (Å²) in [6.45, 7) is 0.861. The molecule has 11 heteroatoms. The highest BCUT2D eigenvalue weighted by Crippen LogP contribution is 2.31. The summed E-state index contributed by atoms with van der Waals surface area (Å²) in [6, 6.07) is 24.7. The van der Waals surface area contributed by atoms with E-state index in [1.807, 2.05) is 37.3 Å². The molecule has 4 aromatic rings. The van der Waals surface area contributed by atoms with E-state index in [-0.39, 0.29) is 51.1 Å². The molecule has 1 saturated carbocycles. The maximum atomic E-state index is 15.2. The zero-order valence-electron chi connectivity index (χ0n) is 26.6. The molecule has 0 aliphatic heterocycles. The van der Waals surface area contributed by atoms with E-state index in [2.05, 4.69) is 5.32 Å². The number of amides is 2. The molecule has 1 aliphatic rings. The fourth-order valence-electron chi connectivity index (χ4n) is 5.96. The van der Waals surface area contributed by atoms with Gasteiger partial charge in [-0.3, -0.25) is 13.9 Å². The number of nitrogens with one attached hydrogen (secondary N) is 1. The summed E-state index contributed by atoms with van der Waals surface area (Å²) in [5.74, 6) is -1.63. The van der Waals surface area contributed by atoms with Gasteiger partial charge in [0.1, 0.15) is 18.4 Å². The molecular weight excluding hydrogens is 672 g/mol. The van der Waals surface area contributed by atoms with Gasteiger partial charge in [0.05, 0.1) is 10.6 Å². The van der Waals surface area contributed by atoms with Gasteiger partial charge in [-0.25, -0.2) is 12.8 Å². The molecule has 0 radical (unpaired) electrons. The van der Waals surface area contributed by atoms with Crippen LogP contribution in [0.4, 0.5) is 10.1 Å². The minimum absolute atomic E-state index is 0.0477. The first-order chi connectivity index (χ1) is 23.0. The fraction of sp³-hybridized carbons (Fsp3) is 0.297. The van der Waals surface area contributed by atoms with Gasteiger partial charge in [-0.15, -0.1) is 0 Å². The zero-order chi connectivity index (χ0) is 34.3. The van der Waals surface area contributed by atoms with Crippen molar-refractivity contribution in [1.29, 1.82) is 0 Å². The fourth-order valence-corrected chi connectivity index (χ4v) is 7.87. The Labute approximate surface area is 291 Å². The van der Waals surface area contributed by atoms with Crippen molar-refractivity contribution in [3.05, 3.63) is 130 Å². The molecule has 0 unspecified atom stereocenters. The molecule has 5 rings (SSSR count). The van der Waals surface area contributed by atoms with Gasteiger partial charge in [0, 0.05) is 34.6 Å². The van der Waals surface area contributed by atoms with Gasteiger partial charge in [0.15, 0.2) is 0 Å². The van der Waals surface area contributed by atoms with Crippen molar-refractivity contribution in [3.8, 4) is 0 Å². The topological polar surface area (TPSA) is 86.8 Å². The highest BCUT2D eigenvalue weighted by molar-refractivity contribution is 7.92. The molecule has 1 aliphatic carbocycles. The summed E-state index contributed by atoms with van der Waals surface area (Å²) in [5.41, 5.74) is 1.90. The number of anilines is 1. The number of benzene rings is 4. The maximum Gasteiger partial charge on any atom is 0.264 e. The molecule has 1 atom stereocenters. The van der Waals surface area contributed by atoms with E-state index in [0.29, 0.717) is 0 Å². The number of hydrogen-bond acceptors (Lipinski definition) is 4. The van der Waals surface area contributed by atoms with Crippen molar-refractivity contribution >= 4 is 50.7 Å². The van der Waals surface area contributed by atoms with Crippen molar-refractivity contribution < 1.29 is 22.4 Å². The smallest absolute Gasteiger partial charge is 0.264 e. The summed E-state index contributed by atoms with van der Waals surface area (Å²) in [4.78, 5) is 30.0. The van der Waals surface area contributed by atoms with Crippen LogP contribution in [-0.4, -0.2) is 43.8 Å². The van der Waals surface area contributed by atoms with E-state index in [1.165, 1.54) is 41.3 Å². The Morgan fingerprint density at radius 3 is 2.15 bits per heavy atom. The van der Waals surface area contributed by atoms with Crippen LogP contribution in [-0.2, 0) is 32.6 Å². The highest BCUT2D eigenvalue weighted by atomic mass is 35.5. The molecule has 0 bridgehead atoms. The summed E-state index contributed by atoms with van der Waals surface area (Å²) >= 11 is 12.6. The summed E-state index contributed by atoms with van der Waals surface area (Å²) < 4.78 is 44.5. The van der Waals surface area contributed by atoms with Crippen molar-refractivity contribution in [3.63, 3.8) is 0 Å². The average molecular weight is 711 g/mol. The molecule has 252 valence electrons. The Morgan fingerprint density at radius 1 is 0.875 bits per heavy atom. The SMILES string of the molecule is Cc1ccc(S(=O)(=O)N(CC(=O)N(Cc2ccccc2F)[C@H](Cc2ccccc2)C(=O)NC2CCCCC2)c2cc(Cl)cc(Cl)c2)cc1. The van der Waals surface area contributed by atoms with Gasteiger partial charge in [0.2, 0.25) is 11.8 Å². The summed E-state index contributed by atoms with van der Waals surface area (Å²) in [7, 11) is -4.35. The number of nitrogens with zero attached hydrogens (tertiary/aromatic N) is 2. The zero-order valence-corrected chi connectivity index (χ0v) is 28.9. The van der Waals surface area contributed by atoms with Crippen LogP contribution >= 0.6 is 23.2 Å². The second-order valence-electron chi connectivity index (χ2n) is 12.1. The number of sulfonamides is 1. The lowest BCUT2D eigenvalue weighted by Crippen LogP contribution is -2.55. The summed E-state index contributed by atoms with van der Waals surface area (Å²) in [6.07, 6.45) is 4.84. The number of carbonyl (C=O) groups is 2. The first-order valence-electron chi connectivity index (χ1n) is 15.9. The van der Waals surface area contributed by atoms with E-state index < -0.39 is 34.3 Å². The van der Waals surface area contributed by atoms with Gasteiger partial charge in [-0.2, -0.15) is 0 Å².